The van der Waals surface area contributed by atoms with Crippen LogP contribution in [0.4, 0.5) is 0 Å². The van der Waals surface area contributed by atoms with Crippen LogP contribution in [0.15, 0.2) is 0 Å². The number of rotatable bonds is 5. The fourth-order valence-electron chi connectivity index (χ4n) is 1.95. The van der Waals surface area contributed by atoms with Crippen molar-refractivity contribution in [3.05, 3.63) is 0 Å². The summed E-state index contributed by atoms with van der Waals surface area (Å²) < 4.78 is 25.3. The fourth-order valence-corrected chi connectivity index (χ4v) is 3.66. The Hall–Kier alpha value is -0.240. The lowest BCUT2D eigenvalue weighted by Crippen LogP contribution is -2.52. The highest BCUT2D eigenvalue weighted by Crippen LogP contribution is 2.12. The van der Waals surface area contributed by atoms with Gasteiger partial charge in [-0.1, -0.05) is 19.1 Å². The number of hydrogen-bond acceptors (Lipinski definition) is 4. The lowest BCUT2D eigenvalue weighted by Gasteiger charge is -2.37. The molecule has 1 aliphatic rings. The highest BCUT2D eigenvalue weighted by molar-refractivity contribution is 7.92. The summed E-state index contributed by atoms with van der Waals surface area (Å²) in [5.41, 5.74) is 5.30. The van der Waals surface area contributed by atoms with E-state index in [2.05, 4.69) is 31.0 Å². The van der Waals surface area contributed by atoms with E-state index in [0.29, 0.717) is 19.1 Å². The molecule has 1 rings (SSSR count). The van der Waals surface area contributed by atoms with Crippen LogP contribution in [0, 0.1) is 0 Å². The molecule has 2 N–H and O–H groups in total. The smallest absolute Gasteiger partial charge is 0.220 e. The number of nitrogens with two attached hydrogens (primary N) is 1. The van der Waals surface area contributed by atoms with Crippen LogP contribution in [-0.2, 0) is 10.0 Å². The molecule has 0 spiro atoms. The predicted octanol–water partition coefficient (Wildman–Crippen LogP) is 0.0184. The second-order valence-electron chi connectivity index (χ2n) is 4.41. The minimum absolute atomic E-state index is 0.0364. The summed E-state index contributed by atoms with van der Waals surface area (Å²) >= 11 is 4.66. The minimum Gasteiger partial charge on any atom is -0.392 e. The Labute approximate surface area is 109 Å². The third-order valence-electron chi connectivity index (χ3n) is 3.21. The van der Waals surface area contributed by atoms with Gasteiger partial charge in [-0.05, 0) is 13.3 Å². The third kappa shape index (κ3) is 4.17. The van der Waals surface area contributed by atoms with Crippen LogP contribution in [0.2, 0.25) is 0 Å². The molecule has 0 amide bonds. The van der Waals surface area contributed by atoms with Crippen molar-refractivity contribution in [2.45, 2.75) is 26.3 Å². The highest BCUT2D eigenvalue weighted by atomic mass is 32.2. The molecule has 5 nitrogen and oxygen atoms in total. The van der Waals surface area contributed by atoms with Crippen LogP contribution >= 0.6 is 12.2 Å². The van der Waals surface area contributed by atoms with E-state index in [1.54, 1.807) is 0 Å². The van der Waals surface area contributed by atoms with E-state index in [-0.39, 0.29) is 10.7 Å². The van der Waals surface area contributed by atoms with E-state index in [9.17, 15) is 8.42 Å². The van der Waals surface area contributed by atoms with Gasteiger partial charge in [0.1, 0.15) is 5.75 Å². The third-order valence-corrected chi connectivity index (χ3v) is 5.36. The largest absolute Gasteiger partial charge is 0.392 e. The van der Waals surface area contributed by atoms with Crippen molar-refractivity contribution in [3.63, 3.8) is 0 Å². The summed E-state index contributed by atoms with van der Waals surface area (Å²) in [4.78, 5) is 2.35. The molecule has 17 heavy (non-hydrogen) atoms. The Morgan fingerprint density at radius 1 is 1.35 bits per heavy atom. The first-order valence-electron chi connectivity index (χ1n) is 5.87. The second-order valence-corrected chi connectivity index (χ2v) is 6.91. The highest BCUT2D eigenvalue weighted by Gasteiger charge is 2.28. The second kappa shape index (κ2) is 6.08. The number of thiocarbonyl (C=S) groups is 1. The van der Waals surface area contributed by atoms with Gasteiger partial charge in [0.2, 0.25) is 10.0 Å². The first-order valence-corrected chi connectivity index (χ1v) is 7.88. The van der Waals surface area contributed by atoms with E-state index in [1.165, 1.54) is 4.31 Å². The number of nitrogens with zero attached hydrogens (tertiary/aromatic N) is 2. The SMILES string of the molecule is CCC(C)N1CCN(S(=O)(=O)CC(N)=S)CC1. The first-order chi connectivity index (χ1) is 7.86. The molecule has 0 aromatic carbocycles. The van der Waals surface area contributed by atoms with Gasteiger partial charge >= 0.3 is 0 Å². The van der Waals surface area contributed by atoms with Crippen molar-refractivity contribution in [3.8, 4) is 0 Å². The molecule has 7 heteroatoms. The zero-order chi connectivity index (χ0) is 13.1. The maximum absolute atomic E-state index is 11.9. The molecule has 1 atom stereocenters. The Morgan fingerprint density at radius 3 is 2.29 bits per heavy atom. The average Bonchev–Trinajstić information content (AvgIpc) is 2.26. The van der Waals surface area contributed by atoms with Crippen LogP contribution in [0.1, 0.15) is 20.3 Å². The summed E-state index contributed by atoms with van der Waals surface area (Å²) in [6, 6.07) is 0.510. The molecule has 1 fully saturated rings. The molecular formula is C10H21N3O2S2. The first kappa shape index (κ1) is 14.8. The van der Waals surface area contributed by atoms with E-state index in [4.69, 9.17) is 5.73 Å². The summed E-state index contributed by atoms with van der Waals surface area (Å²) in [5, 5.41) is 0. The standard InChI is InChI=1S/C10H21N3O2S2/c1-3-9(2)12-4-6-13(7-5-12)17(14,15)8-10(11)16/h9H,3-8H2,1-2H3,(H2,11,16). The van der Waals surface area contributed by atoms with Gasteiger partial charge in [0.05, 0.1) is 4.99 Å². The number of hydrogen-bond donors (Lipinski definition) is 1. The molecule has 1 heterocycles. The molecule has 0 aromatic rings. The molecule has 0 bridgehead atoms. The molecule has 1 unspecified atom stereocenters. The van der Waals surface area contributed by atoms with Gasteiger partial charge in [-0.25, -0.2) is 8.42 Å². The lowest BCUT2D eigenvalue weighted by atomic mass is 10.2. The average molecular weight is 279 g/mol. The molecule has 1 saturated heterocycles. The van der Waals surface area contributed by atoms with Gasteiger partial charge < -0.3 is 5.73 Å². The Balaban J connectivity index is 2.55. The Morgan fingerprint density at radius 2 is 1.88 bits per heavy atom. The van der Waals surface area contributed by atoms with Gasteiger partial charge in [0.15, 0.2) is 0 Å². The van der Waals surface area contributed by atoms with Crippen molar-refractivity contribution in [2.75, 3.05) is 31.9 Å². The number of sulfonamides is 1. The predicted molar refractivity (Wildman–Crippen MR) is 73.5 cm³/mol. The fraction of sp³-hybridized carbons (Fsp3) is 0.900. The van der Waals surface area contributed by atoms with Crippen LogP contribution in [0.25, 0.3) is 0 Å². The zero-order valence-corrected chi connectivity index (χ0v) is 12.1. The molecule has 100 valence electrons. The van der Waals surface area contributed by atoms with E-state index in [1.807, 2.05) is 0 Å². The minimum atomic E-state index is -3.30. The van der Waals surface area contributed by atoms with Crippen LogP contribution < -0.4 is 5.73 Å². The molecule has 0 radical (unpaired) electrons. The molecular weight excluding hydrogens is 258 g/mol. The van der Waals surface area contributed by atoms with Crippen molar-refractivity contribution in [2.24, 2.45) is 5.73 Å². The van der Waals surface area contributed by atoms with Gasteiger partial charge in [-0.15, -0.1) is 0 Å². The molecule has 0 aromatic heterocycles. The van der Waals surface area contributed by atoms with Crippen molar-refractivity contribution < 1.29 is 8.42 Å². The van der Waals surface area contributed by atoms with Crippen LogP contribution in [-0.4, -0.2) is 60.6 Å². The van der Waals surface area contributed by atoms with Crippen molar-refractivity contribution in [1.82, 2.24) is 9.21 Å². The summed E-state index contributed by atoms with van der Waals surface area (Å²) in [6.45, 7) is 6.95. The van der Waals surface area contributed by atoms with Gasteiger partial charge in [0.25, 0.3) is 0 Å². The summed E-state index contributed by atoms with van der Waals surface area (Å²) in [5.74, 6) is -0.217. The van der Waals surface area contributed by atoms with Crippen LogP contribution in [0.5, 0.6) is 0 Å². The molecule has 0 saturated carbocycles. The topological polar surface area (TPSA) is 66.6 Å². The van der Waals surface area contributed by atoms with Gasteiger partial charge in [0, 0.05) is 32.2 Å². The summed E-state index contributed by atoms with van der Waals surface area (Å²) in [7, 11) is -3.30. The van der Waals surface area contributed by atoms with Gasteiger partial charge in [-0.3, -0.25) is 4.90 Å². The van der Waals surface area contributed by atoms with Gasteiger partial charge in [-0.2, -0.15) is 4.31 Å². The lowest BCUT2D eigenvalue weighted by molar-refractivity contribution is 0.143. The normalized spacial score (nSPS) is 21.3. The zero-order valence-electron chi connectivity index (χ0n) is 10.4. The monoisotopic (exact) mass is 279 g/mol. The quantitative estimate of drug-likeness (QED) is 0.719. The van der Waals surface area contributed by atoms with E-state index in [0.717, 1.165) is 19.5 Å². The molecule has 1 aliphatic heterocycles. The van der Waals surface area contributed by atoms with Crippen molar-refractivity contribution in [1.29, 1.82) is 0 Å². The number of piperazine rings is 1. The maximum Gasteiger partial charge on any atom is 0.220 e. The Bertz CT molecular complexity index is 362. The molecule has 0 aliphatic carbocycles. The van der Waals surface area contributed by atoms with E-state index < -0.39 is 10.0 Å². The summed E-state index contributed by atoms with van der Waals surface area (Å²) in [6.07, 6.45) is 1.08. The van der Waals surface area contributed by atoms with Crippen LogP contribution in [0.3, 0.4) is 0 Å². The maximum atomic E-state index is 11.9. The van der Waals surface area contributed by atoms with Crippen molar-refractivity contribution >= 4 is 27.2 Å². The van der Waals surface area contributed by atoms with E-state index >= 15 is 0 Å². The Kier molecular flexibility index (Phi) is 5.30.